The Morgan fingerprint density at radius 2 is 1.66 bits per heavy atom. The number of halogens is 1. The van der Waals surface area contributed by atoms with Gasteiger partial charge in [0.05, 0.1) is 11.9 Å². The number of nitrogens with zero attached hydrogens (tertiary/aromatic N) is 3. The van der Waals surface area contributed by atoms with E-state index in [1.165, 1.54) is 47.4 Å². The summed E-state index contributed by atoms with van der Waals surface area (Å²) in [6, 6.07) is 18.8. The van der Waals surface area contributed by atoms with E-state index in [4.69, 9.17) is 0 Å². The molecule has 162 valence electrons. The zero-order valence-corrected chi connectivity index (χ0v) is 17.7. The quantitative estimate of drug-likeness (QED) is 0.299. The van der Waals surface area contributed by atoms with E-state index in [0.29, 0.717) is 17.0 Å². The molecule has 0 aliphatic rings. The Kier molecular flexibility index (Phi) is 6.32. The van der Waals surface area contributed by atoms with Crippen molar-refractivity contribution in [1.82, 2.24) is 4.68 Å². The second kappa shape index (κ2) is 9.49. The summed E-state index contributed by atoms with van der Waals surface area (Å²) in [7, 11) is 0. The first-order chi connectivity index (χ1) is 15.5. The first-order valence-electron chi connectivity index (χ1n) is 9.82. The van der Waals surface area contributed by atoms with Crippen LogP contribution >= 0.6 is 11.3 Å². The topological polar surface area (TPSA) is 90.3 Å². The number of benzene rings is 3. The minimum absolute atomic E-state index is 0.222. The minimum atomic E-state index is -0.615. The van der Waals surface area contributed by atoms with Crippen molar-refractivity contribution in [3.8, 4) is 28.5 Å². The molecule has 3 aromatic carbocycles. The van der Waals surface area contributed by atoms with Crippen molar-refractivity contribution in [3.63, 3.8) is 0 Å². The Balaban J connectivity index is 1.72. The van der Waals surface area contributed by atoms with Crippen LogP contribution in [0.15, 0.2) is 82.2 Å². The third-order valence-electron chi connectivity index (χ3n) is 4.79. The lowest BCUT2D eigenvalue weighted by molar-refractivity contribution is 0.367. The predicted octanol–water partition coefficient (Wildman–Crippen LogP) is 4.50. The molecular formula is C24H20FN3O3S. The van der Waals surface area contributed by atoms with Crippen molar-refractivity contribution in [2.24, 2.45) is 10.1 Å². The molecule has 1 aromatic heterocycles. The van der Waals surface area contributed by atoms with Gasteiger partial charge in [0.25, 0.3) is 0 Å². The van der Waals surface area contributed by atoms with Crippen molar-refractivity contribution in [2.75, 3.05) is 6.54 Å². The molecule has 0 bridgehead atoms. The van der Waals surface area contributed by atoms with Gasteiger partial charge in [0.15, 0.2) is 11.5 Å². The summed E-state index contributed by atoms with van der Waals surface area (Å²) < 4.78 is 15.0. The molecule has 0 saturated carbocycles. The average Bonchev–Trinajstić information content (AvgIpc) is 3.21. The van der Waals surface area contributed by atoms with Crippen LogP contribution in [0.1, 0.15) is 11.1 Å². The molecule has 6 nitrogen and oxygen atoms in total. The highest BCUT2D eigenvalue weighted by Gasteiger charge is 2.11. The second-order valence-electron chi connectivity index (χ2n) is 6.96. The first-order valence-corrected chi connectivity index (χ1v) is 10.7. The van der Waals surface area contributed by atoms with Crippen molar-refractivity contribution in [2.45, 2.75) is 6.42 Å². The van der Waals surface area contributed by atoms with Gasteiger partial charge in [-0.05, 0) is 48.4 Å². The standard InChI is InChI=1S/C24H20FN3O3S/c25-19-9-6-17(7-10-19)20-15-32-24(26-13-12-16-4-2-1-3-5-16)28(20)27-14-18-8-11-21(29)23(31)22(18)30/h1-11,14-15,29-31H,12-13H2. The number of hydrogen-bond acceptors (Lipinski definition) is 6. The highest BCUT2D eigenvalue weighted by atomic mass is 32.1. The van der Waals surface area contributed by atoms with Crippen molar-refractivity contribution >= 4 is 17.6 Å². The van der Waals surface area contributed by atoms with Crippen LogP contribution in [0.2, 0.25) is 0 Å². The van der Waals surface area contributed by atoms with Gasteiger partial charge in [-0.2, -0.15) is 5.10 Å². The lowest BCUT2D eigenvalue weighted by Crippen LogP contribution is -2.13. The summed E-state index contributed by atoms with van der Waals surface area (Å²) in [6.07, 6.45) is 2.13. The minimum Gasteiger partial charge on any atom is -0.504 e. The van der Waals surface area contributed by atoms with Crippen molar-refractivity contribution in [1.29, 1.82) is 0 Å². The fourth-order valence-corrected chi connectivity index (χ4v) is 3.94. The monoisotopic (exact) mass is 449 g/mol. The summed E-state index contributed by atoms with van der Waals surface area (Å²) >= 11 is 1.39. The first kappa shape index (κ1) is 21.3. The van der Waals surface area contributed by atoms with Crippen LogP contribution in [0.25, 0.3) is 11.3 Å². The van der Waals surface area contributed by atoms with Crippen LogP contribution in [0.4, 0.5) is 4.39 Å². The largest absolute Gasteiger partial charge is 0.504 e. The number of hydrogen-bond donors (Lipinski definition) is 3. The van der Waals surface area contributed by atoms with Gasteiger partial charge in [0.1, 0.15) is 5.82 Å². The van der Waals surface area contributed by atoms with Gasteiger partial charge < -0.3 is 15.3 Å². The van der Waals surface area contributed by atoms with E-state index in [1.807, 2.05) is 35.7 Å². The number of thiazole rings is 1. The number of aromatic nitrogens is 1. The summed E-state index contributed by atoms with van der Waals surface area (Å²) in [6.45, 7) is 0.550. The van der Waals surface area contributed by atoms with Gasteiger partial charge in [-0.3, -0.25) is 4.99 Å². The highest BCUT2D eigenvalue weighted by molar-refractivity contribution is 7.07. The average molecular weight is 450 g/mol. The molecule has 0 spiro atoms. The SMILES string of the molecule is Oc1ccc(C=Nn2c(-c3ccc(F)cc3)csc2=NCCc2ccccc2)c(O)c1O. The van der Waals surface area contributed by atoms with Crippen LogP contribution in [0, 0.1) is 5.82 Å². The zero-order chi connectivity index (χ0) is 22.5. The number of aromatic hydroxyl groups is 3. The van der Waals surface area contributed by atoms with Crippen LogP contribution < -0.4 is 4.80 Å². The summed E-state index contributed by atoms with van der Waals surface area (Å²) in [5.74, 6) is -1.85. The van der Waals surface area contributed by atoms with Crippen LogP contribution in [0.5, 0.6) is 17.2 Å². The van der Waals surface area contributed by atoms with Gasteiger partial charge in [-0.25, -0.2) is 9.07 Å². The fourth-order valence-electron chi connectivity index (χ4n) is 3.07. The molecule has 4 rings (SSSR count). The van der Waals surface area contributed by atoms with Gasteiger partial charge >= 0.3 is 0 Å². The molecule has 4 aromatic rings. The van der Waals surface area contributed by atoms with E-state index >= 15 is 0 Å². The molecule has 32 heavy (non-hydrogen) atoms. The molecule has 0 aliphatic heterocycles. The van der Waals surface area contributed by atoms with E-state index in [0.717, 1.165) is 12.0 Å². The Bertz CT molecular complexity index is 1310. The molecule has 0 amide bonds. The Morgan fingerprint density at radius 3 is 2.41 bits per heavy atom. The number of phenols is 3. The molecule has 3 N–H and O–H groups in total. The third kappa shape index (κ3) is 4.70. The van der Waals surface area contributed by atoms with E-state index < -0.39 is 17.2 Å². The number of rotatable bonds is 6. The van der Waals surface area contributed by atoms with Crippen LogP contribution in [-0.4, -0.2) is 32.8 Å². The van der Waals surface area contributed by atoms with E-state index in [9.17, 15) is 19.7 Å². The Labute approximate surface area is 187 Å². The van der Waals surface area contributed by atoms with Crippen molar-refractivity contribution < 1.29 is 19.7 Å². The predicted molar refractivity (Wildman–Crippen MR) is 123 cm³/mol. The summed E-state index contributed by atoms with van der Waals surface area (Å²) in [5.41, 5.74) is 2.85. The van der Waals surface area contributed by atoms with E-state index in [2.05, 4.69) is 10.1 Å². The van der Waals surface area contributed by atoms with Gasteiger partial charge in [0, 0.05) is 23.1 Å². The molecule has 0 fully saturated rings. The van der Waals surface area contributed by atoms with E-state index in [-0.39, 0.29) is 11.4 Å². The molecule has 0 aliphatic carbocycles. The van der Waals surface area contributed by atoms with Gasteiger partial charge in [0.2, 0.25) is 10.6 Å². The lowest BCUT2D eigenvalue weighted by Gasteiger charge is -2.06. The summed E-state index contributed by atoms with van der Waals surface area (Å²) in [5, 5.41) is 35.7. The van der Waals surface area contributed by atoms with Crippen molar-refractivity contribution in [3.05, 3.63) is 93.9 Å². The summed E-state index contributed by atoms with van der Waals surface area (Å²) in [4.78, 5) is 5.30. The molecular weight excluding hydrogens is 429 g/mol. The van der Waals surface area contributed by atoms with Gasteiger partial charge in [-0.15, -0.1) is 11.3 Å². The van der Waals surface area contributed by atoms with E-state index in [1.54, 1.807) is 16.8 Å². The highest BCUT2D eigenvalue weighted by Crippen LogP contribution is 2.36. The molecule has 0 radical (unpaired) electrons. The Hall–Kier alpha value is -3.91. The molecule has 0 unspecified atom stereocenters. The third-order valence-corrected chi connectivity index (χ3v) is 5.64. The maximum atomic E-state index is 13.4. The second-order valence-corrected chi connectivity index (χ2v) is 7.79. The molecule has 0 saturated heterocycles. The maximum Gasteiger partial charge on any atom is 0.206 e. The van der Waals surface area contributed by atoms with Crippen LogP contribution in [0.3, 0.4) is 0 Å². The Morgan fingerprint density at radius 1 is 0.906 bits per heavy atom. The maximum absolute atomic E-state index is 13.4. The van der Waals surface area contributed by atoms with Gasteiger partial charge in [-0.1, -0.05) is 30.3 Å². The lowest BCUT2D eigenvalue weighted by atomic mass is 10.2. The molecule has 0 atom stereocenters. The smallest absolute Gasteiger partial charge is 0.206 e. The zero-order valence-electron chi connectivity index (χ0n) is 16.9. The fraction of sp³-hybridized carbons (Fsp3) is 0.0833. The number of phenolic OH excluding ortho intramolecular Hbond substituents is 3. The molecule has 1 heterocycles. The molecule has 8 heteroatoms. The van der Waals surface area contributed by atoms with Crippen LogP contribution in [-0.2, 0) is 6.42 Å². The normalized spacial score (nSPS) is 12.0.